The first-order chi connectivity index (χ1) is 6.68. The van der Waals surface area contributed by atoms with Crippen molar-refractivity contribution in [2.45, 2.75) is 13.0 Å². The maximum atomic E-state index is 11.1. The second-order valence-electron chi connectivity index (χ2n) is 3.36. The summed E-state index contributed by atoms with van der Waals surface area (Å²) in [6.45, 7) is 2.68. The summed E-state index contributed by atoms with van der Waals surface area (Å²) in [5.41, 5.74) is 6.50. The number of carbonyl (C=O) groups excluding carboxylic acids is 1. The standard InChI is InChI=1S/C10H12N2O2/c1-6-5-12-8-4-2-3-7(10(11)13)9(8)14-6/h2-4,6,12H,5H2,1H3,(H2,11,13). The summed E-state index contributed by atoms with van der Waals surface area (Å²) >= 11 is 0. The molecule has 1 aromatic carbocycles. The molecule has 0 fully saturated rings. The zero-order valence-electron chi connectivity index (χ0n) is 7.91. The van der Waals surface area contributed by atoms with Crippen LogP contribution >= 0.6 is 0 Å². The number of nitrogens with two attached hydrogens (primary N) is 1. The van der Waals surface area contributed by atoms with Crippen LogP contribution in [0.25, 0.3) is 0 Å². The molecule has 1 amide bonds. The second-order valence-corrected chi connectivity index (χ2v) is 3.36. The van der Waals surface area contributed by atoms with Gasteiger partial charge in [0.2, 0.25) is 0 Å². The van der Waals surface area contributed by atoms with E-state index in [0.29, 0.717) is 11.3 Å². The largest absolute Gasteiger partial charge is 0.486 e. The minimum Gasteiger partial charge on any atom is -0.486 e. The van der Waals surface area contributed by atoms with Crippen molar-refractivity contribution in [2.24, 2.45) is 5.73 Å². The summed E-state index contributed by atoms with van der Waals surface area (Å²) in [4.78, 5) is 11.1. The van der Waals surface area contributed by atoms with Gasteiger partial charge in [-0.1, -0.05) is 6.07 Å². The van der Waals surface area contributed by atoms with Crippen LogP contribution in [0.2, 0.25) is 0 Å². The smallest absolute Gasteiger partial charge is 0.252 e. The number of rotatable bonds is 1. The molecule has 0 radical (unpaired) electrons. The lowest BCUT2D eigenvalue weighted by Crippen LogP contribution is -2.29. The molecule has 3 N–H and O–H groups in total. The van der Waals surface area contributed by atoms with Crippen LogP contribution in [0.4, 0.5) is 5.69 Å². The molecule has 2 rings (SSSR count). The molecule has 0 saturated heterocycles. The van der Waals surface area contributed by atoms with E-state index >= 15 is 0 Å². The molecule has 1 aliphatic rings. The number of para-hydroxylation sites is 1. The fourth-order valence-corrected chi connectivity index (χ4v) is 1.49. The Hall–Kier alpha value is -1.71. The number of anilines is 1. The van der Waals surface area contributed by atoms with Crippen LogP contribution in [0.15, 0.2) is 18.2 Å². The number of hydrogen-bond donors (Lipinski definition) is 2. The molecule has 1 heterocycles. The van der Waals surface area contributed by atoms with Gasteiger partial charge in [0.15, 0.2) is 5.75 Å². The normalized spacial score (nSPS) is 19.1. The van der Waals surface area contributed by atoms with Gasteiger partial charge in [0.05, 0.1) is 17.8 Å². The van der Waals surface area contributed by atoms with E-state index in [1.807, 2.05) is 13.0 Å². The van der Waals surface area contributed by atoms with Gasteiger partial charge < -0.3 is 15.8 Å². The van der Waals surface area contributed by atoms with Gasteiger partial charge in [0, 0.05) is 0 Å². The maximum Gasteiger partial charge on any atom is 0.252 e. The van der Waals surface area contributed by atoms with Gasteiger partial charge in [-0.05, 0) is 19.1 Å². The molecule has 1 aliphatic heterocycles. The molecule has 74 valence electrons. The minimum atomic E-state index is -0.460. The molecule has 0 bridgehead atoms. The van der Waals surface area contributed by atoms with E-state index in [9.17, 15) is 4.79 Å². The summed E-state index contributed by atoms with van der Waals surface area (Å²) in [6.07, 6.45) is 0.0583. The van der Waals surface area contributed by atoms with Gasteiger partial charge in [0.1, 0.15) is 6.10 Å². The number of fused-ring (bicyclic) bond motifs is 1. The van der Waals surface area contributed by atoms with Crippen LogP contribution in [-0.2, 0) is 0 Å². The summed E-state index contributed by atoms with van der Waals surface area (Å²) in [5, 5.41) is 3.17. The summed E-state index contributed by atoms with van der Waals surface area (Å²) < 4.78 is 5.56. The average Bonchev–Trinajstić information content (AvgIpc) is 2.16. The molecule has 1 unspecified atom stereocenters. The number of ether oxygens (including phenoxy) is 1. The van der Waals surface area contributed by atoms with Crippen molar-refractivity contribution in [3.05, 3.63) is 23.8 Å². The highest BCUT2D eigenvalue weighted by Gasteiger charge is 2.20. The zero-order chi connectivity index (χ0) is 10.1. The Kier molecular flexibility index (Phi) is 2.04. The third kappa shape index (κ3) is 1.39. The van der Waals surface area contributed by atoms with Gasteiger partial charge in [-0.25, -0.2) is 0 Å². The van der Waals surface area contributed by atoms with E-state index < -0.39 is 5.91 Å². The highest BCUT2D eigenvalue weighted by molar-refractivity contribution is 5.97. The molecule has 4 heteroatoms. The fraction of sp³-hybridized carbons (Fsp3) is 0.300. The van der Waals surface area contributed by atoms with Crippen LogP contribution in [0.1, 0.15) is 17.3 Å². The quantitative estimate of drug-likeness (QED) is 0.697. The van der Waals surface area contributed by atoms with Crippen LogP contribution in [0, 0.1) is 0 Å². The predicted octanol–water partition coefficient (Wildman–Crippen LogP) is 0.978. The van der Waals surface area contributed by atoms with E-state index in [1.54, 1.807) is 12.1 Å². The number of primary amides is 1. The van der Waals surface area contributed by atoms with E-state index in [2.05, 4.69) is 5.32 Å². The first-order valence-electron chi connectivity index (χ1n) is 4.52. The van der Waals surface area contributed by atoms with Crippen molar-refractivity contribution < 1.29 is 9.53 Å². The third-order valence-corrected chi connectivity index (χ3v) is 2.18. The van der Waals surface area contributed by atoms with Gasteiger partial charge in [-0.2, -0.15) is 0 Å². The number of benzene rings is 1. The molecule has 4 nitrogen and oxygen atoms in total. The zero-order valence-corrected chi connectivity index (χ0v) is 7.91. The fourth-order valence-electron chi connectivity index (χ4n) is 1.49. The molecular formula is C10H12N2O2. The molecule has 1 atom stereocenters. The molecule has 0 aromatic heterocycles. The van der Waals surface area contributed by atoms with Crippen molar-refractivity contribution in [1.82, 2.24) is 0 Å². The van der Waals surface area contributed by atoms with Gasteiger partial charge in [0.25, 0.3) is 5.91 Å². The van der Waals surface area contributed by atoms with E-state index in [0.717, 1.165) is 12.2 Å². The number of hydrogen-bond acceptors (Lipinski definition) is 3. The lowest BCUT2D eigenvalue weighted by atomic mass is 10.1. The Morgan fingerprint density at radius 3 is 3.14 bits per heavy atom. The van der Waals surface area contributed by atoms with Crippen molar-refractivity contribution in [1.29, 1.82) is 0 Å². The van der Waals surface area contributed by atoms with Gasteiger partial charge in [-0.3, -0.25) is 4.79 Å². The topological polar surface area (TPSA) is 64.3 Å². The highest BCUT2D eigenvalue weighted by Crippen LogP contribution is 2.32. The SMILES string of the molecule is CC1CNc2cccc(C(N)=O)c2O1. The van der Waals surface area contributed by atoms with Crippen LogP contribution in [0.5, 0.6) is 5.75 Å². The Labute approximate surface area is 82.1 Å². The highest BCUT2D eigenvalue weighted by atomic mass is 16.5. The van der Waals surface area contributed by atoms with Crippen molar-refractivity contribution in [2.75, 3.05) is 11.9 Å². The van der Waals surface area contributed by atoms with Crippen LogP contribution in [-0.4, -0.2) is 18.6 Å². The van der Waals surface area contributed by atoms with E-state index in [4.69, 9.17) is 10.5 Å². The Balaban J connectivity index is 2.48. The minimum absolute atomic E-state index is 0.0583. The molecule has 14 heavy (non-hydrogen) atoms. The van der Waals surface area contributed by atoms with E-state index in [-0.39, 0.29) is 6.10 Å². The third-order valence-electron chi connectivity index (χ3n) is 2.18. The van der Waals surface area contributed by atoms with Gasteiger partial charge in [-0.15, -0.1) is 0 Å². The number of nitrogens with one attached hydrogen (secondary N) is 1. The summed E-state index contributed by atoms with van der Waals surface area (Å²) in [5.74, 6) is 0.108. The maximum absolute atomic E-state index is 11.1. The molecular weight excluding hydrogens is 180 g/mol. The first kappa shape index (κ1) is 8.87. The van der Waals surface area contributed by atoms with Crippen LogP contribution < -0.4 is 15.8 Å². The number of amides is 1. The first-order valence-corrected chi connectivity index (χ1v) is 4.52. The molecule has 0 saturated carbocycles. The van der Waals surface area contributed by atoms with Gasteiger partial charge >= 0.3 is 0 Å². The summed E-state index contributed by atoms with van der Waals surface area (Å²) in [7, 11) is 0. The lowest BCUT2D eigenvalue weighted by molar-refractivity contribution is 0.0993. The van der Waals surface area contributed by atoms with Crippen molar-refractivity contribution in [3.8, 4) is 5.75 Å². The predicted molar refractivity (Wildman–Crippen MR) is 53.5 cm³/mol. The van der Waals surface area contributed by atoms with E-state index in [1.165, 1.54) is 0 Å². The molecule has 0 aliphatic carbocycles. The summed E-state index contributed by atoms with van der Waals surface area (Å²) in [6, 6.07) is 5.32. The molecule has 0 spiro atoms. The molecule has 1 aromatic rings. The Morgan fingerprint density at radius 2 is 2.43 bits per heavy atom. The lowest BCUT2D eigenvalue weighted by Gasteiger charge is -2.25. The Bertz CT molecular complexity index is 376. The monoisotopic (exact) mass is 192 g/mol. The van der Waals surface area contributed by atoms with Crippen LogP contribution in [0.3, 0.4) is 0 Å². The average molecular weight is 192 g/mol. The second kappa shape index (κ2) is 3.21. The Morgan fingerprint density at radius 1 is 1.64 bits per heavy atom. The van der Waals surface area contributed by atoms with Crippen molar-refractivity contribution in [3.63, 3.8) is 0 Å². The van der Waals surface area contributed by atoms with Crippen molar-refractivity contribution >= 4 is 11.6 Å². The number of carbonyl (C=O) groups is 1.